The van der Waals surface area contributed by atoms with Crippen LogP contribution in [0.2, 0.25) is 0 Å². The van der Waals surface area contributed by atoms with Crippen molar-refractivity contribution in [3.63, 3.8) is 0 Å². The minimum atomic E-state index is -0.406. The second-order valence-electron chi connectivity index (χ2n) is 6.24. The maximum atomic E-state index is 12.2. The van der Waals surface area contributed by atoms with Crippen molar-refractivity contribution in [3.05, 3.63) is 35.4 Å². The number of hydrogen-bond acceptors (Lipinski definition) is 4. The molecule has 1 aromatic carbocycles. The van der Waals surface area contributed by atoms with Crippen molar-refractivity contribution in [2.24, 2.45) is 5.73 Å². The van der Waals surface area contributed by atoms with Crippen molar-refractivity contribution in [2.45, 2.75) is 13.0 Å². The zero-order valence-electron chi connectivity index (χ0n) is 14.4. The minimum absolute atomic E-state index is 0.000697. The van der Waals surface area contributed by atoms with Crippen molar-refractivity contribution in [1.82, 2.24) is 14.7 Å². The van der Waals surface area contributed by atoms with Crippen LogP contribution in [0.1, 0.15) is 28.9 Å². The molecule has 0 saturated carbocycles. The molecule has 0 radical (unpaired) electrons. The van der Waals surface area contributed by atoms with Gasteiger partial charge in [0.2, 0.25) is 11.8 Å². The average molecular weight is 332 g/mol. The molecule has 1 unspecified atom stereocenters. The highest BCUT2D eigenvalue weighted by Crippen LogP contribution is 2.26. The fourth-order valence-electron chi connectivity index (χ4n) is 2.95. The van der Waals surface area contributed by atoms with E-state index in [0.29, 0.717) is 25.2 Å². The molecule has 1 aromatic rings. The molecule has 1 fully saturated rings. The van der Waals surface area contributed by atoms with Crippen LogP contribution in [-0.4, -0.2) is 72.7 Å². The molecule has 1 atom stereocenters. The second kappa shape index (κ2) is 7.44. The Hall–Kier alpha value is -2.41. The molecule has 7 nitrogen and oxygen atoms in total. The molecule has 7 heteroatoms. The van der Waals surface area contributed by atoms with Crippen molar-refractivity contribution in [3.8, 4) is 0 Å². The second-order valence-corrected chi connectivity index (χ2v) is 6.24. The van der Waals surface area contributed by atoms with Gasteiger partial charge in [0, 0.05) is 46.2 Å². The molecule has 3 amide bonds. The van der Waals surface area contributed by atoms with Gasteiger partial charge in [-0.15, -0.1) is 0 Å². The van der Waals surface area contributed by atoms with E-state index in [-0.39, 0.29) is 24.4 Å². The summed E-state index contributed by atoms with van der Waals surface area (Å²) in [6.07, 6.45) is 0. The predicted octanol–water partition coefficient (Wildman–Crippen LogP) is 0.0789. The molecule has 1 heterocycles. The number of nitrogens with two attached hydrogens (primary N) is 1. The summed E-state index contributed by atoms with van der Waals surface area (Å²) in [4.78, 5) is 40.5. The van der Waals surface area contributed by atoms with Gasteiger partial charge in [0.25, 0.3) is 5.91 Å². The maximum Gasteiger partial charge on any atom is 0.253 e. The number of piperazine rings is 1. The monoisotopic (exact) mass is 332 g/mol. The Kier molecular flexibility index (Phi) is 5.56. The number of amides is 3. The Morgan fingerprint density at radius 1 is 1.25 bits per heavy atom. The summed E-state index contributed by atoms with van der Waals surface area (Å²) in [6, 6.07) is 7.15. The molecule has 2 N–H and O–H groups in total. The predicted molar refractivity (Wildman–Crippen MR) is 90.2 cm³/mol. The lowest BCUT2D eigenvalue weighted by Gasteiger charge is -2.41. The quantitative estimate of drug-likeness (QED) is 0.846. The van der Waals surface area contributed by atoms with Crippen molar-refractivity contribution < 1.29 is 14.4 Å². The van der Waals surface area contributed by atoms with Crippen LogP contribution in [0.15, 0.2) is 24.3 Å². The van der Waals surface area contributed by atoms with Gasteiger partial charge in [-0.2, -0.15) is 0 Å². The highest BCUT2D eigenvalue weighted by molar-refractivity contribution is 5.94. The number of primary amides is 1. The van der Waals surface area contributed by atoms with Gasteiger partial charge in [-0.05, 0) is 17.7 Å². The Bertz CT molecular complexity index is 644. The molecule has 1 aliphatic rings. The number of nitrogens with zero attached hydrogens (tertiary/aromatic N) is 3. The molecule has 1 aliphatic heterocycles. The summed E-state index contributed by atoms with van der Waals surface area (Å²) in [5, 5.41) is 0. The third-order valence-corrected chi connectivity index (χ3v) is 4.22. The molecule has 0 spiro atoms. The summed E-state index contributed by atoms with van der Waals surface area (Å²) in [5.41, 5.74) is 6.83. The van der Waals surface area contributed by atoms with E-state index in [9.17, 15) is 14.4 Å². The normalized spacial score (nSPS) is 18.3. The van der Waals surface area contributed by atoms with Crippen molar-refractivity contribution in [2.75, 3.05) is 40.3 Å². The molecule has 2 rings (SSSR count). The fourth-order valence-corrected chi connectivity index (χ4v) is 2.95. The van der Waals surface area contributed by atoms with E-state index in [1.807, 2.05) is 23.1 Å². The van der Waals surface area contributed by atoms with E-state index in [1.54, 1.807) is 25.1 Å². The van der Waals surface area contributed by atoms with Crippen LogP contribution in [0, 0.1) is 0 Å². The zero-order valence-corrected chi connectivity index (χ0v) is 14.4. The van der Waals surface area contributed by atoms with E-state index < -0.39 is 5.91 Å². The number of rotatable bonds is 4. The standard InChI is InChI=1S/C17H24N4O3/c1-12(22)20-7-8-21(11-16(18)23)15(10-20)13-5-4-6-14(9-13)17(24)19(2)3/h4-6,9,15H,7-8,10-11H2,1-3H3,(H2,18,23). The van der Waals surface area contributed by atoms with Crippen LogP contribution in [0.4, 0.5) is 0 Å². The van der Waals surface area contributed by atoms with Crippen molar-refractivity contribution >= 4 is 17.7 Å². The summed E-state index contributed by atoms with van der Waals surface area (Å²) in [5.74, 6) is -0.492. The number of hydrogen-bond donors (Lipinski definition) is 1. The van der Waals surface area contributed by atoms with Gasteiger partial charge in [0.1, 0.15) is 0 Å². The Labute approximate surface area is 142 Å². The van der Waals surface area contributed by atoms with E-state index in [0.717, 1.165) is 5.56 Å². The van der Waals surface area contributed by atoms with E-state index >= 15 is 0 Å². The zero-order chi connectivity index (χ0) is 17.9. The lowest BCUT2D eigenvalue weighted by molar-refractivity contribution is -0.132. The highest BCUT2D eigenvalue weighted by atomic mass is 16.2. The largest absolute Gasteiger partial charge is 0.369 e. The topological polar surface area (TPSA) is 87.0 Å². The fraction of sp³-hybridized carbons (Fsp3) is 0.471. The molecular formula is C17H24N4O3. The number of carbonyl (C=O) groups excluding carboxylic acids is 3. The summed E-state index contributed by atoms with van der Waals surface area (Å²) in [7, 11) is 3.40. The first-order chi connectivity index (χ1) is 11.3. The maximum absolute atomic E-state index is 12.2. The third-order valence-electron chi connectivity index (χ3n) is 4.22. The molecular weight excluding hydrogens is 308 g/mol. The van der Waals surface area contributed by atoms with Crippen LogP contribution in [0.25, 0.3) is 0 Å². The minimum Gasteiger partial charge on any atom is -0.369 e. The van der Waals surface area contributed by atoms with Gasteiger partial charge in [-0.25, -0.2) is 0 Å². The van der Waals surface area contributed by atoms with Gasteiger partial charge in [-0.3, -0.25) is 19.3 Å². The van der Waals surface area contributed by atoms with E-state index in [1.165, 1.54) is 11.8 Å². The van der Waals surface area contributed by atoms with E-state index in [2.05, 4.69) is 0 Å². The van der Waals surface area contributed by atoms with Crippen molar-refractivity contribution in [1.29, 1.82) is 0 Å². The molecule has 0 aromatic heterocycles. The van der Waals surface area contributed by atoms with E-state index in [4.69, 9.17) is 5.73 Å². The first-order valence-electron chi connectivity index (χ1n) is 7.89. The summed E-state index contributed by atoms with van der Waals surface area (Å²) < 4.78 is 0. The molecule has 0 aliphatic carbocycles. The van der Waals surface area contributed by atoms with Crippen LogP contribution in [0.3, 0.4) is 0 Å². The van der Waals surface area contributed by atoms with Crippen LogP contribution >= 0.6 is 0 Å². The lowest BCUT2D eigenvalue weighted by Crippen LogP contribution is -2.51. The SMILES string of the molecule is CC(=O)N1CCN(CC(N)=O)C(c2cccc(C(=O)N(C)C)c2)C1. The highest BCUT2D eigenvalue weighted by Gasteiger charge is 2.30. The Morgan fingerprint density at radius 3 is 2.54 bits per heavy atom. The van der Waals surface area contributed by atoms with Gasteiger partial charge in [0.05, 0.1) is 12.6 Å². The van der Waals surface area contributed by atoms with Crippen LogP contribution < -0.4 is 5.73 Å². The summed E-state index contributed by atoms with van der Waals surface area (Å²) in [6.45, 7) is 3.27. The van der Waals surface area contributed by atoms with Gasteiger partial charge in [-0.1, -0.05) is 12.1 Å². The van der Waals surface area contributed by atoms with Gasteiger partial charge in [0.15, 0.2) is 0 Å². The summed E-state index contributed by atoms with van der Waals surface area (Å²) >= 11 is 0. The third kappa shape index (κ3) is 4.11. The van der Waals surface area contributed by atoms with Crippen LogP contribution in [-0.2, 0) is 9.59 Å². The average Bonchev–Trinajstić information content (AvgIpc) is 2.53. The first-order valence-corrected chi connectivity index (χ1v) is 7.89. The first kappa shape index (κ1) is 17.9. The molecule has 130 valence electrons. The van der Waals surface area contributed by atoms with Gasteiger partial charge >= 0.3 is 0 Å². The molecule has 1 saturated heterocycles. The lowest BCUT2D eigenvalue weighted by atomic mass is 9.99. The molecule has 0 bridgehead atoms. The molecule has 24 heavy (non-hydrogen) atoms. The number of benzene rings is 1. The smallest absolute Gasteiger partial charge is 0.253 e. The Balaban J connectivity index is 2.32. The van der Waals surface area contributed by atoms with Crippen LogP contribution in [0.5, 0.6) is 0 Å². The Morgan fingerprint density at radius 2 is 1.96 bits per heavy atom. The number of carbonyl (C=O) groups is 3. The van der Waals surface area contributed by atoms with Gasteiger partial charge < -0.3 is 15.5 Å².